The molecule has 0 aliphatic heterocycles. The van der Waals surface area contributed by atoms with E-state index in [1.807, 2.05) is 26.0 Å². The van der Waals surface area contributed by atoms with Crippen LogP contribution < -0.4 is 10.6 Å². The third kappa shape index (κ3) is 6.64. The van der Waals surface area contributed by atoms with E-state index in [1.54, 1.807) is 0 Å². The predicted octanol–water partition coefficient (Wildman–Crippen LogP) is 3.47. The Balaban J connectivity index is 1.68. The standard InChI is InChI=1S/C18H23BrN2O4S/c1-11-8-15(12(2)7-14(11)19)26-10-17(23)25-9-16(22)21-18(24)20-13-5-3-4-6-13/h7-8,13H,3-6,9-10H2,1-2H3,(H2,20,21,22,24). The molecule has 2 N–H and O–H groups in total. The first-order valence-corrected chi connectivity index (χ1v) is 10.3. The third-order valence-electron chi connectivity index (χ3n) is 4.11. The number of urea groups is 1. The number of benzene rings is 1. The Hall–Kier alpha value is -1.54. The topological polar surface area (TPSA) is 84.5 Å². The number of esters is 1. The third-order valence-corrected chi connectivity index (χ3v) is 6.09. The molecular weight excluding hydrogens is 420 g/mol. The molecule has 0 unspecified atom stereocenters. The molecule has 3 amide bonds. The molecule has 6 nitrogen and oxygen atoms in total. The van der Waals surface area contributed by atoms with Crippen LogP contribution in [0.4, 0.5) is 4.79 Å². The Morgan fingerprint density at radius 3 is 2.58 bits per heavy atom. The fourth-order valence-corrected chi connectivity index (χ4v) is 4.05. The van der Waals surface area contributed by atoms with Crippen molar-refractivity contribution in [2.24, 2.45) is 0 Å². The lowest BCUT2D eigenvalue weighted by Gasteiger charge is -2.12. The highest BCUT2D eigenvalue weighted by molar-refractivity contribution is 9.10. The molecule has 0 aromatic heterocycles. The molecule has 0 radical (unpaired) electrons. The van der Waals surface area contributed by atoms with E-state index in [4.69, 9.17) is 4.74 Å². The van der Waals surface area contributed by atoms with E-state index in [9.17, 15) is 14.4 Å². The molecule has 1 aromatic rings. The molecule has 26 heavy (non-hydrogen) atoms. The molecule has 0 spiro atoms. The summed E-state index contributed by atoms with van der Waals surface area (Å²) in [5.74, 6) is -1.03. The van der Waals surface area contributed by atoms with E-state index >= 15 is 0 Å². The molecule has 142 valence electrons. The van der Waals surface area contributed by atoms with Gasteiger partial charge in [0.2, 0.25) is 0 Å². The summed E-state index contributed by atoms with van der Waals surface area (Å²) in [6.45, 7) is 3.48. The van der Waals surface area contributed by atoms with E-state index in [2.05, 4.69) is 26.6 Å². The number of rotatable bonds is 6. The molecule has 0 atom stereocenters. The number of carbonyl (C=O) groups is 3. The van der Waals surface area contributed by atoms with Crippen LogP contribution in [0.2, 0.25) is 0 Å². The van der Waals surface area contributed by atoms with Crippen molar-refractivity contribution in [3.8, 4) is 0 Å². The van der Waals surface area contributed by atoms with Gasteiger partial charge < -0.3 is 10.1 Å². The van der Waals surface area contributed by atoms with Gasteiger partial charge in [0.25, 0.3) is 5.91 Å². The zero-order chi connectivity index (χ0) is 19.1. The number of halogens is 1. The minimum Gasteiger partial charge on any atom is -0.455 e. The monoisotopic (exact) mass is 442 g/mol. The van der Waals surface area contributed by atoms with Crippen LogP contribution in [-0.2, 0) is 14.3 Å². The number of hydrogen-bond donors (Lipinski definition) is 2. The summed E-state index contributed by atoms with van der Waals surface area (Å²) >= 11 is 4.83. The van der Waals surface area contributed by atoms with Crippen LogP contribution >= 0.6 is 27.7 Å². The van der Waals surface area contributed by atoms with Gasteiger partial charge >= 0.3 is 12.0 Å². The summed E-state index contributed by atoms with van der Waals surface area (Å²) in [6, 6.07) is 3.59. The second-order valence-electron chi connectivity index (χ2n) is 6.32. The van der Waals surface area contributed by atoms with Gasteiger partial charge in [0, 0.05) is 15.4 Å². The van der Waals surface area contributed by atoms with Gasteiger partial charge in [0.15, 0.2) is 6.61 Å². The van der Waals surface area contributed by atoms with Crippen LogP contribution in [0.1, 0.15) is 36.8 Å². The number of nitrogens with one attached hydrogen (secondary N) is 2. The zero-order valence-electron chi connectivity index (χ0n) is 14.9. The van der Waals surface area contributed by atoms with E-state index < -0.39 is 24.5 Å². The summed E-state index contributed by atoms with van der Waals surface area (Å²) in [5.41, 5.74) is 2.14. The highest BCUT2D eigenvalue weighted by Gasteiger charge is 2.18. The summed E-state index contributed by atoms with van der Waals surface area (Å²) in [6.07, 6.45) is 4.04. The van der Waals surface area contributed by atoms with Gasteiger partial charge in [-0.3, -0.25) is 14.9 Å². The van der Waals surface area contributed by atoms with Gasteiger partial charge in [-0.15, -0.1) is 11.8 Å². The molecule has 0 heterocycles. The second-order valence-corrected chi connectivity index (χ2v) is 8.19. The Labute approximate surface area is 165 Å². The largest absolute Gasteiger partial charge is 0.455 e. The van der Waals surface area contributed by atoms with Crippen LogP contribution in [0.25, 0.3) is 0 Å². The first-order valence-electron chi connectivity index (χ1n) is 8.50. The summed E-state index contributed by atoms with van der Waals surface area (Å²) in [4.78, 5) is 36.2. The lowest BCUT2D eigenvalue weighted by atomic mass is 10.2. The second kappa shape index (κ2) is 9.97. The van der Waals surface area contributed by atoms with Crippen LogP contribution in [0.5, 0.6) is 0 Å². The maximum absolute atomic E-state index is 11.8. The maximum atomic E-state index is 11.8. The van der Waals surface area contributed by atoms with Crippen molar-refractivity contribution in [1.82, 2.24) is 10.6 Å². The van der Waals surface area contributed by atoms with Gasteiger partial charge in [-0.2, -0.15) is 0 Å². The summed E-state index contributed by atoms with van der Waals surface area (Å²) in [5, 5.41) is 4.92. The van der Waals surface area contributed by atoms with Gasteiger partial charge in [0.05, 0.1) is 5.75 Å². The Morgan fingerprint density at radius 1 is 1.19 bits per heavy atom. The van der Waals surface area contributed by atoms with Gasteiger partial charge in [-0.25, -0.2) is 4.79 Å². The first-order chi connectivity index (χ1) is 12.3. The molecule has 1 aromatic carbocycles. The number of carbonyl (C=O) groups excluding carboxylic acids is 3. The number of hydrogen-bond acceptors (Lipinski definition) is 5. The molecule has 8 heteroatoms. The number of thioether (sulfide) groups is 1. The SMILES string of the molecule is Cc1cc(SCC(=O)OCC(=O)NC(=O)NC2CCCC2)c(C)cc1Br. The lowest BCUT2D eigenvalue weighted by Crippen LogP contribution is -2.45. The van der Waals surface area contributed by atoms with Crippen molar-refractivity contribution in [2.45, 2.75) is 50.5 Å². The van der Waals surface area contributed by atoms with Crippen LogP contribution in [-0.4, -0.2) is 36.3 Å². The van der Waals surface area contributed by atoms with Crippen LogP contribution in [0.3, 0.4) is 0 Å². The number of amides is 3. The molecular formula is C18H23BrN2O4S. The Kier molecular flexibility index (Phi) is 7.96. The average Bonchev–Trinajstić information content (AvgIpc) is 3.07. The van der Waals surface area contributed by atoms with Crippen LogP contribution in [0.15, 0.2) is 21.5 Å². The normalized spacial score (nSPS) is 14.1. The van der Waals surface area contributed by atoms with E-state index in [-0.39, 0.29) is 11.8 Å². The molecule has 1 saturated carbocycles. The Bertz CT molecular complexity index is 690. The quantitative estimate of drug-likeness (QED) is 0.520. The van der Waals surface area contributed by atoms with Crippen molar-refractivity contribution < 1.29 is 19.1 Å². The minimum absolute atomic E-state index is 0.101. The molecule has 1 aliphatic rings. The molecule has 1 aliphatic carbocycles. The van der Waals surface area contributed by atoms with Gasteiger partial charge in [-0.05, 0) is 49.9 Å². The van der Waals surface area contributed by atoms with Crippen molar-refractivity contribution >= 4 is 45.6 Å². The lowest BCUT2D eigenvalue weighted by molar-refractivity contribution is -0.145. The Morgan fingerprint density at radius 2 is 1.88 bits per heavy atom. The highest BCUT2D eigenvalue weighted by atomic mass is 79.9. The van der Waals surface area contributed by atoms with E-state index in [0.29, 0.717) is 0 Å². The predicted molar refractivity (Wildman–Crippen MR) is 104 cm³/mol. The van der Waals surface area contributed by atoms with Crippen molar-refractivity contribution in [2.75, 3.05) is 12.4 Å². The fraction of sp³-hybridized carbons (Fsp3) is 0.500. The van der Waals surface area contributed by atoms with Crippen molar-refractivity contribution in [3.05, 3.63) is 27.7 Å². The average molecular weight is 443 g/mol. The molecule has 0 bridgehead atoms. The number of aryl methyl sites for hydroxylation is 2. The van der Waals surface area contributed by atoms with E-state index in [0.717, 1.165) is 46.2 Å². The molecule has 2 rings (SSSR count). The van der Waals surface area contributed by atoms with Crippen LogP contribution in [0, 0.1) is 13.8 Å². The summed E-state index contributed by atoms with van der Waals surface area (Å²) in [7, 11) is 0. The molecule has 0 saturated heterocycles. The number of ether oxygens (including phenoxy) is 1. The van der Waals surface area contributed by atoms with Crippen molar-refractivity contribution in [1.29, 1.82) is 0 Å². The number of imide groups is 1. The highest BCUT2D eigenvalue weighted by Crippen LogP contribution is 2.28. The van der Waals surface area contributed by atoms with E-state index in [1.165, 1.54) is 11.8 Å². The maximum Gasteiger partial charge on any atom is 0.321 e. The van der Waals surface area contributed by atoms with Crippen molar-refractivity contribution in [3.63, 3.8) is 0 Å². The molecule has 1 fully saturated rings. The fourth-order valence-electron chi connectivity index (χ4n) is 2.69. The van der Waals surface area contributed by atoms with Gasteiger partial charge in [-0.1, -0.05) is 28.8 Å². The zero-order valence-corrected chi connectivity index (χ0v) is 17.3. The van der Waals surface area contributed by atoms with Gasteiger partial charge in [0.1, 0.15) is 0 Å². The summed E-state index contributed by atoms with van der Waals surface area (Å²) < 4.78 is 5.95. The first kappa shape index (κ1) is 20.8. The smallest absolute Gasteiger partial charge is 0.321 e. The minimum atomic E-state index is -0.630.